The van der Waals surface area contributed by atoms with E-state index in [0.717, 1.165) is 36.8 Å². The van der Waals surface area contributed by atoms with Crippen LogP contribution in [0.15, 0.2) is 12.1 Å². The molecule has 5 nitrogen and oxygen atoms in total. The van der Waals surface area contributed by atoms with Gasteiger partial charge in [-0.1, -0.05) is 6.07 Å². The summed E-state index contributed by atoms with van der Waals surface area (Å²) in [4.78, 5) is 14.9. The predicted molar refractivity (Wildman–Crippen MR) is 96.5 cm³/mol. The number of nitrogens with zero attached hydrogens (tertiary/aromatic N) is 1. The van der Waals surface area contributed by atoms with Crippen LogP contribution in [0.3, 0.4) is 0 Å². The van der Waals surface area contributed by atoms with E-state index in [1.54, 1.807) is 7.11 Å². The molecule has 2 aliphatic heterocycles. The van der Waals surface area contributed by atoms with Crippen LogP contribution in [-0.2, 0) is 15.7 Å². The first-order valence-corrected chi connectivity index (χ1v) is 9.11. The van der Waals surface area contributed by atoms with E-state index < -0.39 is 7.12 Å². The van der Waals surface area contributed by atoms with Gasteiger partial charge in [0.05, 0.1) is 23.9 Å². The molecule has 3 aliphatic rings. The summed E-state index contributed by atoms with van der Waals surface area (Å²) in [6.45, 7) is 8.95. The SMILES string of the molecule is COc1cc(B2OC(C)(C)C(C)(C)O2)cc2c1C(=O)N(C1CC1)CC2. The number of benzene rings is 1. The van der Waals surface area contributed by atoms with E-state index in [-0.39, 0.29) is 17.1 Å². The van der Waals surface area contributed by atoms with Crippen molar-refractivity contribution in [1.29, 1.82) is 0 Å². The van der Waals surface area contributed by atoms with Crippen LogP contribution >= 0.6 is 0 Å². The van der Waals surface area contributed by atoms with Crippen LogP contribution < -0.4 is 10.2 Å². The standard InChI is InChI=1S/C19H26BNO4/c1-18(2)19(3,4)25-20(24-18)13-10-12-8-9-21(14-6-7-14)17(22)16(12)15(11-13)23-5/h10-11,14H,6-9H2,1-5H3. The lowest BCUT2D eigenvalue weighted by atomic mass is 9.76. The normalized spacial score (nSPS) is 24.4. The Bertz CT molecular complexity index is 693. The quantitative estimate of drug-likeness (QED) is 0.789. The molecule has 2 fully saturated rings. The molecule has 1 saturated heterocycles. The lowest BCUT2D eigenvalue weighted by molar-refractivity contribution is 0.00578. The molecule has 0 radical (unpaired) electrons. The van der Waals surface area contributed by atoms with E-state index in [9.17, 15) is 4.79 Å². The smallest absolute Gasteiger partial charge is 0.494 e. The molecule has 0 aromatic heterocycles. The van der Waals surface area contributed by atoms with Crippen LogP contribution in [0.5, 0.6) is 5.75 Å². The number of ether oxygens (including phenoxy) is 1. The topological polar surface area (TPSA) is 48.0 Å². The average Bonchev–Trinajstić information content (AvgIpc) is 3.34. The fourth-order valence-corrected chi connectivity index (χ4v) is 3.63. The van der Waals surface area contributed by atoms with Crippen LogP contribution in [0.2, 0.25) is 0 Å². The van der Waals surface area contributed by atoms with Crippen molar-refractivity contribution in [2.75, 3.05) is 13.7 Å². The molecule has 0 N–H and O–H groups in total. The second kappa shape index (κ2) is 5.48. The van der Waals surface area contributed by atoms with Gasteiger partial charge in [0, 0.05) is 12.6 Å². The number of rotatable bonds is 3. The van der Waals surface area contributed by atoms with E-state index in [1.807, 2.05) is 38.7 Å². The van der Waals surface area contributed by atoms with Crippen LogP contribution in [-0.4, -0.2) is 48.8 Å². The number of hydrogen-bond acceptors (Lipinski definition) is 4. The van der Waals surface area contributed by atoms with Gasteiger partial charge in [-0.05, 0) is 64.1 Å². The lowest BCUT2D eigenvalue weighted by Crippen LogP contribution is -2.41. The fourth-order valence-electron chi connectivity index (χ4n) is 3.63. The highest BCUT2D eigenvalue weighted by molar-refractivity contribution is 6.62. The Morgan fingerprint density at radius 1 is 1.16 bits per heavy atom. The van der Waals surface area contributed by atoms with Crippen LogP contribution in [0.1, 0.15) is 56.5 Å². The minimum atomic E-state index is -0.444. The van der Waals surface area contributed by atoms with E-state index >= 15 is 0 Å². The highest BCUT2D eigenvalue weighted by Gasteiger charge is 2.52. The van der Waals surface area contributed by atoms with Gasteiger partial charge in [-0.3, -0.25) is 4.79 Å². The molecule has 1 aliphatic carbocycles. The van der Waals surface area contributed by atoms with Crippen LogP contribution in [0.25, 0.3) is 0 Å². The van der Waals surface area contributed by atoms with Gasteiger partial charge >= 0.3 is 7.12 Å². The number of methoxy groups -OCH3 is 1. The Morgan fingerprint density at radius 2 is 1.80 bits per heavy atom. The molecule has 6 heteroatoms. The maximum absolute atomic E-state index is 12.9. The van der Waals surface area contributed by atoms with Crippen molar-refractivity contribution in [2.45, 2.75) is 64.2 Å². The third kappa shape index (κ3) is 2.66. The van der Waals surface area contributed by atoms with Crippen molar-refractivity contribution in [2.24, 2.45) is 0 Å². The van der Waals surface area contributed by atoms with Gasteiger partial charge < -0.3 is 18.9 Å². The first kappa shape index (κ1) is 16.9. The van der Waals surface area contributed by atoms with Gasteiger partial charge in [-0.25, -0.2) is 0 Å². The predicted octanol–water partition coefficient (Wildman–Crippen LogP) is 2.16. The summed E-state index contributed by atoms with van der Waals surface area (Å²) in [6.07, 6.45) is 3.09. The Kier molecular flexibility index (Phi) is 3.71. The summed E-state index contributed by atoms with van der Waals surface area (Å²) in [6, 6.07) is 4.38. The Labute approximate surface area is 149 Å². The van der Waals surface area contributed by atoms with Crippen LogP contribution in [0.4, 0.5) is 0 Å². The zero-order chi connectivity index (χ0) is 18.0. The molecule has 1 saturated carbocycles. The Hall–Kier alpha value is -1.53. The van der Waals surface area contributed by atoms with Gasteiger partial charge in [0.25, 0.3) is 5.91 Å². The van der Waals surface area contributed by atoms with Crippen LogP contribution in [0, 0.1) is 0 Å². The van der Waals surface area contributed by atoms with E-state index in [2.05, 4.69) is 6.07 Å². The summed E-state index contributed by atoms with van der Waals surface area (Å²) in [5, 5.41) is 0. The molecule has 0 spiro atoms. The summed E-state index contributed by atoms with van der Waals surface area (Å²) in [7, 11) is 1.17. The first-order chi connectivity index (χ1) is 11.7. The Balaban J connectivity index is 1.70. The number of carbonyl (C=O) groups excluding carboxylic acids is 1. The lowest BCUT2D eigenvalue weighted by Gasteiger charge is -2.32. The van der Waals surface area contributed by atoms with Crippen molar-refractivity contribution in [3.63, 3.8) is 0 Å². The van der Waals surface area contributed by atoms with E-state index in [1.165, 1.54) is 0 Å². The summed E-state index contributed by atoms with van der Waals surface area (Å²) in [5.74, 6) is 0.721. The number of carbonyl (C=O) groups is 1. The molecular formula is C19H26BNO4. The highest BCUT2D eigenvalue weighted by atomic mass is 16.7. The van der Waals surface area contributed by atoms with Crippen molar-refractivity contribution in [3.8, 4) is 5.75 Å². The summed E-state index contributed by atoms with van der Waals surface area (Å²) >= 11 is 0. The Morgan fingerprint density at radius 3 is 2.36 bits per heavy atom. The number of fused-ring (bicyclic) bond motifs is 1. The minimum Gasteiger partial charge on any atom is -0.496 e. The minimum absolute atomic E-state index is 0.0982. The zero-order valence-corrected chi connectivity index (χ0v) is 15.7. The average molecular weight is 343 g/mol. The molecule has 4 rings (SSSR count). The molecule has 0 unspecified atom stereocenters. The summed E-state index contributed by atoms with van der Waals surface area (Å²) < 4.78 is 17.9. The third-order valence-electron chi connectivity index (χ3n) is 6.04. The maximum Gasteiger partial charge on any atom is 0.494 e. The van der Waals surface area contributed by atoms with Gasteiger partial charge in [-0.2, -0.15) is 0 Å². The molecule has 1 amide bonds. The van der Waals surface area contributed by atoms with Gasteiger partial charge in [0.1, 0.15) is 5.75 Å². The van der Waals surface area contributed by atoms with Gasteiger partial charge in [-0.15, -0.1) is 0 Å². The molecule has 134 valence electrons. The molecule has 1 aromatic rings. The number of hydrogen-bond donors (Lipinski definition) is 0. The maximum atomic E-state index is 12.9. The third-order valence-corrected chi connectivity index (χ3v) is 6.04. The molecular weight excluding hydrogens is 317 g/mol. The second-order valence-electron chi connectivity index (χ2n) is 8.33. The largest absolute Gasteiger partial charge is 0.496 e. The van der Waals surface area contributed by atoms with Crippen molar-refractivity contribution < 1.29 is 18.8 Å². The first-order valence-electron chi connectivity index (χ1n) is 9.11. The monoisotopic (exact) mass is 343 g/mol. The molecule has 0 bridgehead atoms. The highest BCUT2D eigenvalue weighted by Crippen LogP contribution is 2.38. The fraction of sp³-hybridized carbons (Fsp3) is 0.632. The van der Waals surface area contributed by atoms with E-state index in [0.29, 0.717) is 17.4 Å². The van der Waals surface area contributed by atoms with Crippen molar-refractivity contribution >= 4 is 18.5 Å². The van der Waals surface area contributed by atoms with E-state index in [4.69, 9.17) is 14.0 Å². The molecule has 2 heterocycles. The van der Waals surface area contributed by atoms with Gasteiger partial charge in [0.15, 0.2) is 0 Å². The summed E-state index contributed by atoms with van der Waals surface area (Å²) in [5.41, 5.74) is 1.88. The van der Waals surface area contributed by atoms with Crippen molar-refractivity contribution in [1.82, 2.24) is 4.90 Å². The van der Waals surface area contributed by atoms with Gasteiger partial charge in [0.2, 0.25) is 0 Å². The second-order valence-corrected chi connectivity index (χ2v) is 8.33. The zero-order valence-electron chi connectivity index (χ0n) is 15.7. The molecule has 25 heavy (non-hydrogen) atoms. The van der Waals surface area contributed by atoms with Crippen molar-refractivity contribution in [3.05, 3.63) is 23.3 Å². The number of amides is 1. The molecule has 1 aromatic carbocycles. The molecule has 0 atom stereocenters.